The van der Waals surface area contributed by atoms with Crippen LogP contribution in [0.4, 0.5) is 5.69 Å². The van der Waals surface area contributed by atoms with Crippen molar-refractivity contribution >= 4 is 40.7 Å². The lowest BCUT2D eigenvalue weighted by Gasteiger charge is -2.28. The number of amides is 2. The molecule has 1 saturated carbocycles. The fourth-order valence-corrected chi connectivity index (χ4v) is 4.18. The van der Waals surface area contributed by atoms with Crippen molar-refractivity contribution in [2.75, 3.05) is 25.0 Å². The predicted octanol–water partition coefficient (Wildman–Crippen LogP) is 3.83. The van der Waals surface area contributed by atoms with Crippen molar-refractivity contribution < 1.29 is 14.3 Å². The predicted molar refractivity (Wildman–Crippen MR) is 107 cm³/mol. The van der Waals surface area contributed by atoms with Crippen molar-refractivity contribution in [3.63, 3.8) is 0 Å². The smallest absolute Gasteiger partial charge is 0.244 e. The van der Waals surface area contributed by atoms with E-state index in [1.165, 1.54) is 0 Å². The van der Waals surface area contributed by atoms with E-state index in [4.69, 9.17) is 27.9 Å². The second-order valence-corrected chi connectivity index (χ2v) is 9.31. The van der Waals surface area contributed by atoms with Gasteiger partial charge >= 0.3 is 0 Å². The van der Waals surface area contributed by atoms with Crippen LogP contribution in [0, 0.1) is 19.3 Å². The number of benzene rings is 1. The van der Waals surface area contributed by atoms with Crippen LogP contribution in [0.15, 0.2) is 18.2 Å². The van der Waals surface area contributed by atoms with E-state index in [1.807, 2.05) is 32.0 Å². The maximum Gasteiger partial charge on any atom is 0.244 e. The third-order valence-electron chi connectivity index (χ3n) is 5.68. The van der Waals surface area contributed by atoms with Crippen LogP contribution in [0.3, 0.4) is 0 Å². The Kier molecular flexibility index (Phi) is 5.76. The molecular formula is C20H26Cl2N2O3. The lowest BCUT2D eigenvalue weighted by molar-refractivity contribution is -0.140. The van der Waals surface area contributed by atoms with E-state index < -0.39 is 9.75 Å². The zero-order valence-electron chi connectivity index (χ0n) is 16.0. The molecule has 1 saturated heterocycles. The summed E-state index contributed by atoms with van der Waals surface area (Å²) in [5, 5.41) is 2.91. The molecule has 1 aliphatic heterocycles. The number of nitrogens with one attached hydrogen (secondary N) is 1. The van der Waals surface area contributed by atoms with Gasteiger partial charge in [-0.1, -0.05) is 12.1 Å². The average molecular weight is 413 g/mol. The highest BCUT2D eigenvalue weighted by Gasteiger charge is 2.68. The van der Waals surface area contributed by atoms with E-state index in [2.05, 4.69) is 5.32 Å². The van der Waals surface area contributed by atoms with Crippen LogP contribution in [0.5, 0.6) is 0 Å². The fourth-order valence-electron chi connectivity index (χ4n) is 3.48. The number of ether oxygens (including phenoxy) is 1. The molecule has 0 spiro atoms. The van der Waals surface area contributed by atoms with E-state index >= 15 is 0 Å². The van der Waals surface area contributed by atoms with Crippen molar-refractivity contribution in [2.45, 2.75) is 50.5 Å². The molecule has 7 heteroatoms. The van der Waals surface area contributed by atoms with E-state index in [-0.39, 0.29) is 24.5 Å². The molecule has 1 aromatic carbocycles. The van der Waals surface area contributed by atoms with E-state index in [0.717, 1.165) is 29.7 Å². The van der Waals surface area contributed by atoms with Gasteiger partial charge in [0.25, 0.3) is 0 Å². The standard InChI is InChI=1S/C20H26Cl2N2O3/c1-13-6-4-8-16(14(13)2)23-17(25)11-24(10-15-7-5-9-27-15)18(26)19(3)12-20(19,21)22/h4,6,8,15H,5,7,9-12H2,1-3H3,(H,23,25). The van der Waals surface area contributed by atoms with Gasteiger partial charge in [0, 0.05) is 18.8 Å². The molecule has 1 aromatic rings. The number of aryl methyl sites for hydroxylation is 1. The average Bonchev–Trinajstić information content (AvgIpc) is 2.94. The minimum absolute atomic E-state index is 0.0501. The molecule has 3 rings (SSSR count). The topological polar surface area (TPSA) is 58.6 Å². The Labute approximate surface area is 170 Å². The lowest BCUT2D eigenvalue weighted by atomic mass is 10.1. The van der Waals surface area contributed by atoms with Crippen LogP contribution in [0.2, 0.25) is 0 Å². The van der Waals surface area contributed by atoms with Crippen LogP contribution >= 0.6 is 23.2 Å². The van der Waals surface area contributed by atoms with Crippen LogP contribution in [0.1, 0.15) is 37.3 Å². The number of halogens is 2. The number of rotatable bonds is 6. The molecule has 2 aliphatic rings. The van der Waals surface area contributed by atoms with Crippen LogP contribution in [0.25, 0.3) is 0 Å². The van der Waals surface area contributed by atoms with Crippen molar-refractivity contribution in [1.29, 1.82) is 0 Å². The monoisotopic (exact) mass is 412 g/mol. The van der Waals surface area contributed by atoms with Crippen molar-refractivity contribution in [2.24, 2.45) is 5.41 Å². The van der Waals surface area contributed by atoms with Gasteiger partial charge < -0.3 is 15.0 Å². The third-order valence-corrected chi connectivity index (χ3v) is 6.78. The summed E-state index contributed by atoms with van der Waals surface area (Å²) < 4.78 is 4.59. The molecule has 2 atom stereocenters. The molecule has 1 aliphatic carbocycles. The first-order valence-electron chi connectivity index (χ1n) is 9.29. The van der Waals surface area contributed by atoms with Gasteiger partial charge in [-0.15, -0.1) is 23.2 Å². The van der Waals surface area contributed by atoms with Gasteiger partial charge in [0.05, 0.1) is 18.1 Å². The Morgan fingerprint density at radius 1 is 1.33 bits per heavy atom. The number of hydrogen-bond acceptors (Lipinski definition) is 3. The summed E-state index contributed by atoms with van der Waals surface area (Å²) in [5.41, 5.74) is 2.01. The molecule has 5 nitrogen and oxygen atoms in total. The van der Waals surface area contributed by atoms with Gasteiger partial charge in [-0.25, -0.2) is 0 Å². The van der Waals surface area contributed by atoms with Gasteiger partial charge in [0.15, 0.2) is 0 Å². The molecular weight excluding hydrogens is 387 g/mol. The largest absolute Gasteiger partial charge is 0.376 e. The second kappa shape index (κ2) is 7.61. The van der Waals surface area contributed by atoms with Crippen molar-refractivity contribution in [1.82, 2.24) is 4.90 Å². The molecule has 27 heavy (non-hydrogen) atoms. The van der Waals surface area contributed by atoms with E-state index in [9.17, 15) is 9.59 Å². The number of alkyl halides is 2. The summed E-state index contributed by atoms with van der Waals surface area (Å²) in [7, 11) is 0. The van der Waals surface area contributed by atoms with Gasteiger partial charge in [0.2, 0.25) is 11.8 Å². The van der Waals surface area contributed by atoms with Gasteiger partial charge in [-0.05, 0) is 57.2 Å². The van der Waals surface area contributed by atoms with Crippen LogP contribution < -0.4 is 5.32 Å². The zero-order chi connectivity index (χ0) is 19.8. The number of anilines is 1. The molecule has 0 aromatic heterocycles. The normalized spacial score (nSPS) is 25.9. The second-order valence-electron chi connectivity index (χ2n) is 7.83. The minimum Gasteiger partial charge on any atom is -0.376 e. The third kappa shape index (κ3) is 4.25. The highest BCUT2D eigenvalue weighted by Crippen LogP contribution is 2.64. The highest BCUT2D eigenvalue weighted by molar-refractivity contribution is 6.53. The van der Waals surface area contributed by atoms with Crippen LogP contribution in [-0.4, -0.2) is 46.8 Å². The van der Waals surface area contributed by atoms with Crippen LogP contribution in [-0.2, 0) is 14.3 Å². The molecule has 1 heterocycles. The first-order chi connectivity index (χ1) is 12.6. The first-order valence-corrected chi connectivity index (χ1v) is 10.0. The van der Waals surface area contributed by atoms with Gasteiger partial charge in [0.1, 0.15) is 4.33 Å². The first kappa shape index (κ1) is 20.4. The number of carbonyl (C=O) groups excluding carboxylic acids is 2. The summed E-state index contributed by atoms with van der Waals surface area (Å²) in [6, 6.07) is 5.75. The van der Waals surface area contributed by atoms with Crippen molar-refractivity contribution in [3.05, 3.63) is 29.3 Å². The van der Waals surface area contributed by atoms with Gasteiger partial charge in [-0.2, -0.15) is 0 Å². The summed E-state index contributed by atoms with van der Waals surface area (Å²) in [6.07, 6.45) is 2.19. The maximum atomic E-state index is 13.1. The minimum atomic E-state index is -1.07. The summed E-state index contributed by atoms with van der Waals surface area (Å²) >= 11 is 12.4. The van der Waals surface area contributed by atoms with Crippen molar-refractivity contribution in [3.8, 4) is 0 Å². The summed E-state index contributed by atoms with van der Waals surface area (Å²) in [4.78, 5) is 27.3. The SMILES string of the molecule is Cc1cccc(NC(=O)CN(CC2CCCO2)C(=O)C2(C)CC2(Cl)Cl)c1C. The molecule has 148 valence electrons. The molecule has 1 N–H and O–H groups in total. The molecule has 0 bridgehead atoms. The number of hydrogen-bond donors (Lipinski definition) is 1. The Hall–Kier alpha value is -1.30. The molecule has 2 unspecified atom stereocenters. The number of nitrogens with zero attached hydrogens (tertiary/aromatic N) is 1. The highest BCUT2D eigenvalue weighted by atomic mass is 35.5. The Bertz CT molecular complexity index is 747. The zero-order valence-corrected chi connectivity index (χ0v) is 17.5. The molecule has 2 amide bonds. The Balaban J connectivity index is 1.71. The van der Waals surface area contributed by atoms with E-state index in [1.54, 1.807) is 11.8 Å². The maximum absolute atomic E-state index is 13.1. The lowest BCUT2D eigenvalue weighted by Crippen LogP contribution is -2.46. The van der Waals surface area contributed by atoms with Gasteiger partial charge in [-0.3, -0.25) is 9.59 Å². The summed E-state index contributed by atoms with van der Waals surface area (Å²) in [5.74, 6) is -0.437. The molecule has 2 fully saturated rings. The molecule has 0 radical (unpaired) electrons. The fraction of sp³-hybridized carbons (Fsp3) is 0.600. The van der Waals surface area contributed by atoms with E-state index in [0.29, 0.717) is 19.6 Å². The Morgan fingerprint density at radius 2 is 2.04 bits per heavy atom. The number of carbonyl (C=O) groups is 2. The Morgan fingerprint density at radius 3 is 2.63 bits per heavy atom. The summed E-state index contributed by atoms with van der Waals surface area (Å²) in [6.45, 7) is 6.71. The quantitative estimate of drug-likeness (QED) is 0.722.